The molecule has 25 heavy (non-hydrogen) atoms. The van der Waals surface area contributed by atoms with E-state index in [0.29, 0.717) is 22.9 Å². The minimum atomic E-state index is -0.0511. The van der Waals surface area contributed by atoms with Gasteiger partial charge in [-0.2, -0.15) is 0 Å². The van der Waals surface area contributed by atoms with Crippen molar-refractivity contribution in [2.24, 2.45) is 0 Å². The van der Waals surface area contributed by atoms with Crippen molar-refractivity contribution < 1.29 is 9.59 Å². The van der Waals surface area contributed by atoms with Gasteiger partial charge in [-0.15, -0.1) is 0 Å². The van der Waals surface area contributed by atoms with Gasteiger partial charge < -0.3 is 10.2 Å². The van der Waals surface area contributed by atoms with Gasteiger partial charge in [0.1, 0.15) is 5.69 Å². The first-order valence-corrected chi connectivity index (χ1v) is 8.64. The highest BCUT2D eigenvalue weighted by Gasteiger charge is 2.19. The molecule has 1 amide bonds. The zero-order valence-electron chi connectivity index (χ0n) is 14.4. The Morgan fingerprint density at radius 1 is 1.08 bits per heavy atom. The van der Waals surface area contributed by atoms with Crippen LogP contribution < -0.4 is 5.32 Å². The number of benzene rings is 1. The van der Waals surface area contributed by atoms with Crippen molar-refractivity contribution in [1.29, 1.82) is 0 Å². The summed E-state index contributed by atoms with van der Waals surface area (Å²) in [7, 11) is 0. The first kappa shape index (κ1) is 17.1. The van der Waals surface area contributed by atoms with Crippen LogP contribution in [-0.2, 0) is 0 Å². The molecule has 0 atom stereocenters. The molecule has 0 aliphatic carbocycles. The van der Waals surface area contributed by atoms with Crippen LogP contribution in [0.2, 0.25) is 0 Å². The summed E-state index contributed by atoms with van der Waals surface area (Å²) < 4.78 is 0. The third-order valence-corrected chi connectivity index (χ3v) is 4.29. The normalized spacial score (nSPS) is 14.7. The number of nitrogens with one attached hydrogen (secondary N) is 1. The number of aromatic nitrogens is 2. The molecule has 6 nitrogen and oxygen atoms in total. The summed E-state index contributed by atoms with van der Waals surface area (Å²) in [5.74, 6) is 0.292. The predicted octanol–water partition coefficient (Wildman–Crippen LogP) is 3.44. The third kappa shape index (κ3) is 4.41. The maximum Gasteiger partial charge on any atom is 0.272 e. The average molecular weight is 338 g/mol. The van der Waals surface area contributed by atoms with Crippen molar-refractivity contribution in [3.8, 4) is 0 Å². The highest BCUT2D eigenvalue weighted by molar-refractivity contribution is 5.95. The van der Waals surface area contributed by atoms with Gasteiger partial charge in [-0.3, -0.25) is 9.59 Å². The van der Waals surface area contributed by atoms with Gasteiger partial charge in [-0.1, -0.05) is 25.0 Å². The molecule has 1 saturated heterocycles. The van der Waals surface area contributed by atoms with E-state index in [2.05, 4.69) is 15.3 Å². The first-order valence-electron chi connectivity index (χ1n) is 8.64. The fourth-order valence-electron chi connectivity index (χ4n) is 2.92. The number of hydrogen-bond acceptors (Lipinski definition) is 5. The number of hydrogen-bond donors (Lipinski definition) is 1. The van der Waals surface area contributed by atoms with Gasteiger partial charge in [-0.25, -0.2) is 9.97 Å². The number of amides is 1. The molecule has 1 aromatic carbocycles. The molecule has 0 saturated carbocycles. The maximum absolute atomic E-state index is 12.7. The Hall–Kier alpha value is -2.76. The molecule has 1 aliphatic heterocycles. The molecule has 6 heteroatoms. The second-order valence-corrected chi connectivity index (χ2v) is 6.23. The zero-order chi connectivity index (χ0) is 17.6. The molecular formula is C19H22N4O2. The van der Waals surface area contributed by atoms with Crippen LogP contribution in [0.1, 0.15) is 53.5 Å². The minimum absolute atomic E-state index is 0.00494. The van der Waals surface area contributed by atoms with Gasteiger partial charge >= 0.3 is 0 Å². The van der Waals surface area contributed by atoms with Crippen molar-refractivity contribution in [3.63, 3.8) is 0 Å². The summed E-state index contributed by atoms with van der Waals surface area (Å²) in [6.45, 7) is 3.09. The van der Waals surface area contributed by atoms with Gasteiger partial charge in [0.25, 0.3) is 5.91 Å². The number of carbonyl (C=O) groups excluding carboxylic acids is 2. The summed E-state index contributed by atoms with van der Waals surface area (Å²) >= 11 is 0. The molecule has 2 aromatic rings. The summed E-state index contributed by atoms with van der Waals surface area (Å²) in [5.41, 5.74) is 1.72. The van der Waals surface area contributed by atoms with E-state index in [1.54, 1.807) is 30.5 Å². The molecular weight excluding hydrogens is 316 g/mol. The standard InChI is InChI=1S/C19H22N4O2/c1-14(24)15-7-6-8-16(13-15)21-19-20-10-9-17(22-19)18(25)23-11-4-2-3-5-12-23/h6-10,13H,2-5,11-12H2,1H3,(H,20,21,22). The van der Waals surface area contributed by atoms with Gasteiger partial charge in [0.15, 0.2) is 5.78 Å². The van der Waals surface area contributed by atoms with Crippen LogP contribution in [-0.4, -0.2) is 39.6 Å². The van der Waals surface area contributed by atoms with Crippen LogP contribution in [0, 0.1) is 0 Å². The van der Waals surface area contributed by atoms with Crippen molar-refractivity contribution in [2.45, 2.75) is 32.6 Å². The van der Waals surface area contributed by atoms with Crippen LogP contribution in [0.15, 0.2) is 36.5 Å². The van der Waals surface area contributed by atoms with Gasteiger partial charge in [0.2, 0.25) is 5.95 Å². The van der Waals surface area contributed by atoms with Gasteiger partial charge in [0.05, 0.1) is 0 Å². The number of nitrogens with zero attached hydrogens (tertiary/aromatic N) is 3. The van der Waals surface area contributed by atoms with Crippen LogP contribution in [0.4, 0.5) is 11.6 Å². The molecule has 0 spiro atoms. The van der Waals surface area contributed by atoms with Crippen LogP contribution in [0.5, 0.6) is 0 Å². The summed E-state index contributed by atoms with van der Waals surface area (Å²) in [6.07, 6.45) is 6.01. The van der Waals surface area contributed by atoms with E-state index in [0.717, 1.165) is 25.9 Å². The Bertz CT molecular complexity index is 768. The topological polar surface area (TPSA) is 75.2 Å². The molecule has 1 aromatic heterocycles. The Morgan fingerprint density at radius 2 is 1.84 bits per heavy atom. The second-order valence-electron chi connectivity index (χ2n) is 6.23. The van der Waals surface area contributed by atoms with Crippen molar-refractivity contribution >= 4 is 23.3 Å². The van der Waals surface area contributed by atoms with Crippen molar-refractivity contribution in [3.05, 3.63) is 47.8 Å². The van der Waals surface area contributed by atoms with Crippen molar-refractivity contribution in [2.75, 3.05) is 18.4 Å². The molecule has 3 rings (SSSR count). The number of likely N-dealkylation sites (tertiary alicyclic amines) is 1. The zero-order valence-corrected chi connectivity index (χ0v) is 14.4. The lowest BCUT2D eigenvalue weighted by Gasteiger charge is -2.19. The molecule has 2 heterocycles. The van der Waals surface area contributed by atoms with Crippen LogP contribution in [0.3, 0.4) is 0 Å². The second kappa shape index (κ2) is 7.88. The quantitative estimate of drug-likeness (QED) is 0.864. The van der Waals surface area contributed by atoms with Crippen molar-refractivity contribution in [1.82, 2.24) is 14.9 Å². The number of ketones is 1. The van der Waals surface area contributed by atoms with E-state index in [9.17, 15) is 9.59 Å². The molecule has 1 fully saturated rings. The predicted molar refractivity (Wildman–Crippen MR) is 96.1 cm³/mol. The molecule has 0 radical (unpaired) electrons. The van der Waals surface area contributed by atoms with Gasteiger partial charge in [-0.05, 0) is 38.0 Å². The molecule has 0 unspecified atom stereocenters. The fourth-order valence-corrected chi connectivity index (χ4v) is 2.92. The first-order chi connectivity index (χ1) is 12.1. The number of carbonyl (C=O) groups is 2. The number of anilines is 2. The number of rotatable bonds is 4. The molecule has 1 aliphatic rings. The SMILES string of the molecule is CC(=O)c1cccc(Nc2nccc(C(=O)N3CCCCCC3)n2)c1. The Labute approximate surface area is 147 Å². The van der Waals surface area contributed by atoms with E-state index in [-0.39, 0.29) is 11.7 Å². The molecule has 130 valence electrons. The monoisotopic (exact) mass is 338 g/mol. The summed E-state index contributed by atoms with van der Waals surface area (Å²) in [5, 5.41) is 3.06. The highest BCUT2D eigenvalue weighted by atomic mass is 16.2. The molecule has 1 N–H and O–H groups in total. The highest BCUT2D eigenvalue weighted by Crippen LogP contribution is 2.17. The smallest absolute Gasteiger partial charge is 0.272 e. The summed E-state index contributed by atoms with van der Waals surface area (Å²) in [6, 6.07) is 8.78. The van der Waals surface area contributed by atoms with E-state index in [1.165, 1.54) is 19.8 Å². The average Bonchev–Trinajstić information content (AvgIpc) is 2.91. The van der Waals surface area contributed by atoms with Crippen LogP contribution >= 0.6 is 0 Å². The Balaban J connectivity index is 1.76. The van der Waals surface area contributed by atoms with E-state index < -0.39 is 0 Å². The van der Waals surface area contributed by atoms with E-state index in [1.807, 2.05) is 11.0 Å². The van der Waals surface area contributed by atoms with E-state index in [4.69, 9.17) is 0 Å². The largest absolute Gasteiger partial charge is 0.337 e. The lowest BCUT2D eigenvalue weighted by Crippen LogP contribution is -2.32. The third-order valence-electron chi connectivity index (χ3n) is 4.29. The molecule has 0 bridgehead atoms. The van der Waals surface area contributed by atoms with Gasteiger partial charge in [0, 0.05) is 30.5 Å². The summed E-state index contributed by atoms with van der Waals surface area (Å²) in [4.78, 5) is 34.5. The Morgan fingerprint density at radius 3 is 2.56 bits per heavy atom. The Kier molecular flexibility index (Phi) is 5.38. The fraction of sp³-hybridized carbons (Fsp3) is 0.368. The van der Waals surface area contributed by atoms with E-state index >= 15 is 0 Å². The lowest BCUT2D eigenvalue weighted by atomic mass is 10.1. The lowest BCUT2D eigenvalue weighted by molar-refractivity contribution is 0.0755. The maximum atomic E-state index is 12.7. The number of Topliss-reactive ketones (excluding diaryl/α,β-unsaturated/α-hetero) is 1. The minimum Gasteiger partial charge on any atom is -0.337 e. The van der Waals surface area contributed by atoms with Crippen LogP contribution in [0.25, 0.3) is 0 Å².